The molecule has 0 aliphatic carbocycles. The Morgan fingerprint density at radius 1 is 0.786 bits per heavy atom. The number of hydrogen-bond acceptors (Lipinski definition) is 1. The zero-order chi connectivity index (χ0) is 20.8. The first-order valence-corrected chi connectivity index (χ1v) is 10.0. The summed E-state index contributed by atoms with van der Waals surface area (Å²) in [6.45, 7) is 0. The number of nitrogens with zero attached hydrogens (tertiary/aromatic N) is 2. The lowest BCUT2D eigenvalue weighted by molar-refractivity contribution is 1.32. The number of amidine groups is 2. The molecular weight excluding hydrogens is 483 g/mol. The van der Waals surface area contributed by atoms with E-state index < -0.39 is 13.4 Å². The lowest BCUT2D eigenvalue weighted by atomic mass is 10.1. The van der Waals surface area contributed by atoms with Crippen molar-refractivity contribution in [3.8, 4) is 0 Å². The monoisotopic (exact) mass is 493 g/mol. The molecule has 0 aliphatic heterocycles. The largest absolute Gasteiger partial charge is 0.283 e. The fourth-order valence-corrected chi connectivity index (χ4v) is 2.24. The van der Waals surface area contributed by atoms with Crippen LogP contribution in [0.5, 0.6) is 0 Å². The molecule has 2 aromatic rings. The van der Waals surface area contributed by atoms with Crippen LogP contribution in [0.25, 0.3) is 12.2 Å². The van der Waals surface area contributed by atoms with Crippen LogP contribution in [-0.4, -0.2) is 25.5 Å². The van der Waals surface area contributed by atoms with E-state index >= 15 is 0 Å². The summed E-state index contributed by atoms with van der Waals surface area (Å²) < 4.78 is -3.74. The third kappa shape index (κ3) is 8.12. The number of aliphatic imine (C=N–C) groups is 2. The number of benzene rings is 2. The van der Waals surface area contributed by atoms with Crippen LogP contribution in [0.4, 0.5) is 0 Å². The molecule has 0 saturated heterocycles. The van der Waals surface area contributed by atoms with Gasteiger partial charge in [0.15, 0.2) is 11.7 Å². The minimum Gasteiger partial charge on any atom is -0.283 e. The zero-order valence-corrected chi connectivity index (χ0v) is 18.6. The van der Waals surface area contributed by atoms with Crippen LogP contribution in [0.1, 0.15) is 16.7 Å². The molecule has 2 rings (SSSR count). The normalized spacial score (nSPS) is 13.4. The van der Waals surface area contributed by atoms with Gasteiger partial charge in [0.1, 0.15) is 0 Å². The first kappa shape index (κ1) is 23.2. The van der Waals surface area contributed by atoms with Gasteiger partial charge in [-0.2, -0.15) is 0 Å². The Morgan fingerprint density at radius 2 is 1.32 bits per heavy atom. The van der Waals surface area contributed by atoms with E-state index in [9.17, 15) is 0 Å². The van der Waals surface area contributed by atoms with Crippen molar-refractivity contribution in [2.75, 3.05) is 0 Å². The Hall–Kier alpha value is -1.07. The van der Waals surface area contributed by atoms with Crippen molar-refractivity contribution in [3.63, 3.8) is 0 Å². The second-order valence-corrected chi connectivity index (χ2v) is 10.1. The molecule has 2 aromatic carbocycles. The highest BCUT2D eigenvalue weighted by molar-refractivity contribution is 6.77. The van der Waals surface area contributed by atoms with Crippen molar-refractivity contribution in [2.24, 2.45) is 9.98 Å². The van der Waals surface area contributed by atoms with Gasteiger partial charge < -0.3 is 0 Å². The SMILES string of the molecule is N=C(N=C(N=CC(Cl)(Cl)Cl)c1ccc(C=Cc2ccccc2)cc1)C(Cl)(Cl)Cl. The van der Waals surface area contributed by atoms with Crippen LogP contribution in [0.15, 0.2) is 64.6 Å². The predicted octanol–water partition coefficient (Wildman–Crippen LogP) is 7.39. The Balaban J connectivity index is 2.30. The Morgan fingerprint density at radius 3 is 1.82 bits per heavy atom. The van der Waals surface area contributed by atoms with Crippen molar-refractivity contribution in [3.05, 3.63) is 71.3 Å². The molecule has 0 amide bonds. The molecule has 28 heavy (non-hydrogen) atoms. The molecule has 0 aliphatic rings. The number of rotatable bonds is 3. The molecule has 0 bridgehead atoms. The first-order chi connectivity index (χ1) is 13.0. The third-order valence-corrected chi connectivity index (χ3v) is 4.09. The standard InChI is InChI=1S/C19H13Cl6N3/c20-18(21,22)12-27-16(28-17(26)19(23,24)25)15-10-8-14(9-11-15)7-6-13-4-2-1-3-5-13/h1-12,26H. The van der Waals surface area contributed by atoms with Gasteiger partial charge >= 0.3 is 0 Å². The highest BCUT2D eigenvalue weighted by Crippen LogP contribution is 2.28. The molecule has 0 radical (unpaired) electrons. The van der Waals surface area contributed by atoms with Crippen LogP contribution in [0.2, 0.25) is 0 Å². The summed E-state index contributed by atoms with van der Waals surface area (Å²) in [5.74, 6) is -0.441. The number of alkyl halides is 6. The highest BCUT2D eigenvalue weighted by Gasteiger charge is 2.27. The van der Waals surface area contributed by atoms with Gasteiger partial charge in [0.25, 0.3) is 0 Å². The molecule has 0 fully saturated rings. The number of hydrogen-bond donors (Lipinski definition) is 1. The lowest BCUT2D eigenvalue weighted by Gasteiger charge is -2.10. The second kappa shape index (κ2) is 10.1. The second-order valence-electron chi connectivity index (χ2n) is 5.45. The molecule has 9 heteroatoms. The first-order valence-electron chi connectivity index (χ1n) is 7.74. The van der Waals surface area contributed by atoms with Crippen LogP contribution in [0, 0.1) is 5.41 Å². The van der Waals surface area contributed by atoms with E-state index in [1.54, 1.807) is 12.1 Å². The summed E-state index contributed by atoms with van der Waals surface area (Å²) in [4.78, 5) is 7.99. The lowest BCUT2D eigenvalue weighted by Crippen LogP contribution is -2.18. The molecule has 0 atom stereocenters. The van der Waals surface area contributed by atoms with Gasteiger partial charge in [0.05, 0.1) is 6.21 Å². The van der Waals surface area contributed by atoms with Gasteiger partial charge in [-0.05, 0) is 11.1 Å². The van der Waals surface area contributed by atoms with E-state index in [-0.39, 0.29) is 5.84 Å². The maximum Gasteiger partial charge on any atom is 0.249 e. The number of nitrogens with one attached hydrogen (secondary N) is 1. The van der Waals surface area contributed by atoms with Crippen LogP contribution < -0.4 is 0 Å². The minimum absolute atomic E-state index is 0.0706. The topological polar surface area (TPSA) is 48.6 Å². The van der Waals surface area contributed by atoms with Crippen molar-refractivity contribution < 1.29 is 0 Å². The molecule has 0 unspecified atom stereocenters. The summed E-state index contributed by atoms with van der Waals surface area (Å²) in [6, 6.07) is 17.1. The number of halogens is 6. The summed E-state index contributed by atoms with van der Waals surface area (Å²) in [6.07, 6.45) is 5.01. The highest BCUT2D eigenvalue weighted by atomic mass is 35.6. The van der Waals surface area contributed by atoms with Crippen LogP contribution >= 0.6 is 69.6 Å². The Kier molecular flexibility index (Phi) is 8.38. The van der Waals surface area contributed by atoms with Gasteiger partial charge in [-0.25, -0.2) is 9.98 Å². The van der Waals surface area contributed by atoms with E-state index in [0.717, 1.165) is 17.3 Å². The van der Waals surface area contributed by atoms with Gasteiger partial charge in [-0.15, -0.1) is 0 Å². The van der Waals surface area contributed by atoms with Crippen molar-refractivity contribution in [1.29, 1.82) is 5.41 Å². The Bertz CT molecular complexity index is 892. The summed E-state index contributed by atoms with van der Waals surface area (Å²) >= 11 is 34.2. The predicted molar refractivity (Wildman–Crippen MR) is 125 cm³/mol. The van der Waals surface area contributed by atoms with Gasteiger partial charge in [0.2, 0.25) is 7.59 Å². The molecular formula is C19H13Cl6N3. The molecule has 0 heterocycles. The molecule has 1 N–H and O–H groups in total. The van der Waals surface area contributed by atoms with E-state index in [0.29, 0.717) is 5.56 Å². The molecule has 3 nitrogen and oxygen atoms in total. The van der Waals surface area contributed by atoms with E-state index in [1.807, 2.05) is 54.6 Å². The average Bonchev–Trinajstić information content (AvgIpc) is 2.63. The maximum atomic E-state index is 7.79. The fourth-order valence-electron chi connectivity index (χ4n) is 1.97. The quantitative estimate of drug-likeness (QED) is 0.200. The smallest absolute Gasteiger partial charge is 0.249 e. The third-order valence-electron chi connectivity index (χ3n) is 3.26. The average molecular weight is 496 g/mol. The summed E-state index contributed by atoms with van der Waals surface area (Å²) in [5.41, 5.74) is 2.59. The summed E-state index contributed by atoms with van der Waals surface area (Å²) in [5, 5.41) is 7.79. The zero-order valence-electron chi connectivity index (χ0n) is 14.1. The van der Waals surface area contributed by atoms with Crippen molar-refractivity contribution in [1.82, 2.24) is 0 Å². The van der Waals surface area contributed by atoms with Gasteiger partial charge in [-0.1, -0.05) is 136 Å². The molecule has 146 valence electrons. The van der Waals surface area contributed by atoms with E-state index in [2.05, 4.69) is 9.98 Å². The maximum absolute atomic E-state index is 7.79. The van der Waals surface area contributed by atoms with Gasteiger partial charge in [0, 0.05) is 5.56 Å². The van der Waals surface area contributed by atoms with E-state index in [1.165, 1.54) is 0 Å². The molecule has 0 saturated carbocycles. The van der Waals surface area contributed by atoms with Crippen LogP contribution in [-0.2, 0) is 0 Å². The van der Waals surface area contributed by atoms with Crippen LogP contribution in [0.3, 0.4) is 0 Å². The van der Waals surface area contributed by atoms with Crippen molar-refractivity contribution in [2.45, 2.75) is 7.59 Å². The minimum atomic E-state index is -2.00. The summed E-state index contributed by atoms with van der Waals surface area (Å²) in [7, 11) is 0. The van der Waals surface area contributed by atoms with E-state index in [4.69, 9.17) is 75.0 Å². The molecule has 0 aromatic heterocycles. The Labute approximate surface area is 193 Å². The molecule has 0 spiro atoms. The fraction of sp³-hybridized carbons (Fsp3) is 0.105. The van der Waals surface area contributed by atoms with Crippen molar-refractivity contribution >= 4 is 99.6 Å². The van der Waals surface area contributed by atoms with Gasteiger partial charge in [-0.3, -0.25) is 5.41 Å².